The van der Waals surface area contributed by atoms with E-state index < -0.39 is 5.97 Å². The van der Waals surface area contributed by atoms with Crippen molar-refractivity contribution in [1.82, 2.24) is 10.3 Å². The standard InChI is InChI=1S/C25H20N2O3/c28-24(26-17-12-13-17)15-30-25(29)21-14-23(27-22-11-4-3-9-20(21)22)19-10-5-7-16-6-1-2-8-18(16)19/h1-11,14,17H,12-13,15H2,(H,26,28). The molecule has 148 valence electrons. The van der Waals surface area contributed by atoms with Gasteiger partial charge in [0, 0.05) is 17.0 Å². The van der Waals surface area contributed by atoms with E-state index in [0.717, 1.165) is 29.2 Å². The highest BCUT2D eigenvalue weighted by molar-refractivity contribution is 6.06. The molecule has 5 rings (SSSR count). The monoisotopic (exact) mass is 396 g/mol. The van der Waals surface area contributed by atoms with Gasteiger partial charge in [-0.2, -0.15) is 0 Å². The molecule has 1 aliphatic rings. The average molecular weight is 396 g/mol. The van der Waals surface area contributed by atoms with Crippen LogP contribution in [0.3, 0.4) is 0 Å². The molecule has 0 bridgehead atoms. The summed E-state index contributed by atoms with van der Waals surface area (Å²) in [5, 5.41) is 5.69. The quantitative estimate of drug-likeness (QED) is 0.505. The largest absolute Gasteiger partial charge is 0.452 e. The summed E-state index contributed by atoms with van der Waals surface area (Å²) in [6.45, 7) is -0.282. The van der Waals surface area contributed by atoms with Gasteiger partial charge in [0.1, 0.15) is 0 Å². The van der Waals surface area contributed by atoms with Crippen LogP contribution in [0.1, 0.15) is 23.2 Å². The Morgan fingerprint density at radius 3 is 2.50 bits per heavy atom. The Hall–Kier alpha value is -3.73. The number of benzene rings is 3. The van der Waals surface area contributed by atoms with Crippen LogP contribution in [0.4, 0.5) is 0 Å². The third kappa shape index (κ3) is 3.62. The van der Waals surface area contributed by atoms with E-state index in [2.05, 4.69) is 5.32 Å². The highest BCUT2D eigenvalue weighted by atomic mass is 16.5. The number of aromatic nitrogens is 1. The van der Waals surface area contributed by atoms with Crippen molar-refractivity contribution >= 4 is 33.6 Å². The lowest BCUT2D eigenvalue weighted by Crippen LogP contribution is -2.30. The van der Waals surface area contributed by atoms with Crippen molar-refractivity contribution in [2.45, 2.75) is 18.9 Å². The van der Waals surface area contributed by atoms with Gasteiger partial charge >= 0.3 is 5.97 Å². The average Bonchev–Trinajstić information content (AvgIpc) is 3.60. The summed E-state index contributed by atoms with van der Waals surface area (Å²) < 4.78 is 5.33. The lowest BCUT2D eigenvalue weighted by atomic mass is 9.99. The maximum atomic E-state index is 12.9. The molecule has 5 heteroatoms. The molecule has 0 unspecified atom stereocenters. The SMILES string of the molecule is O=C(COC(=O)c1cc(-c2cccc3ccccc23)nc2ccccc12)NC1CC1. The number of amides is 1. The number of pyridine rings is 1. The minimum atomic E-state index is -0.527. The molecule has 0 saturated heterocycles. The van der Waals surface area contributed by atoms with Gasteiger partial charge in [-0.1, -0.05) is 60.7 Å². The number of hydrogen-bond donors (Lipinski definition) is 1. The number of para-hydroxylation sites is 1. The molecule has 1 saturated carbocycles. The maximum Gasteiger partial charge on any atom is 0.339 e. The number of esters is 1. The molecule has 3 aromatic carbocycles. The Bertz CT molecular complexity index is 1270. The molecular formula is C25H20N2O3. The van der Waals surface area contributed by atoms with Crippen molar-refractivity contribution in [3.8, 4) is 11.3 Å². The van der Waals surface area contributed by atoms with Crippen LogP contribution in [0, 0.1) is 0 Å². The van der Waals surface area contributed by atoms with Gasteiger partial charge in [0.25, 0.3) is 5.91 Å². The van der Waals surface area contributed by atoms with Crippen LogP contribution >= 0.6 is 0 Å². The van der Waals surface area contributed by atoms with E-state index in [1.54, 1.807) is 6.07 Å². The Balaban J connectivity index is 1.54. The van der Waals surface area contributed by atoms with E-state index >= 15 is 0 Å². The molecule has 1 N–H and O–H groups in total. The van der Waals surface area contributed by atoms with E-state index in [4.69, 9.17) is 9.72 Å². The zero-order valence-corrected chi connectivity index (χ0v) is 16.3. The van der Waals surface area contributed by atoms with Crippen LogP contribution in [0.2, 0.25) is 0 Å². The van der Waals surface area contributed by atoms with Crippen molar-refractivity contribution in [2.24, 2.45) is 0 Å². The number of hydrogen-bond acceptors (Lipinski definition) is 4. The highest BCUT2D eigenvalue weighted by Gasteiger charge is 2.24. The number of fused-ring (bicyclic) bond motifs is 2. The molecule has 1 amide bonds. The Labute approximate surface area is 173 Å². The third-order valence-corrected chi connectivity index (χ3v) is 5.28. The van der Waals surface area contributed by atoms with Crippen LogP contribution in [0.5, 0.6) is 0 Å². The molecule has 4 aromatic rings. The first kappa shape index (κ1) is 18.3. The van der Waals surface area contributed by atoms with Crippen molar-refractivity contribution < 1.29 is 14.3 Å². The molecule has 0 spiro atoms. The van der Waals surface area contributed by atoms with E-state index in [9.17, 15) is 9.59 Å². The fourth-order valence-corrected chi connectivity index (χ4v) is 3.64. The van der Waals surface area contributed by atoms with Crippen molar-refractivity contribution in [3.05, 3.63) is 78.4 Å². The molecule has 5 nitrogen and oxygen atoms in total. The fourth-order valence-electron chi connectivity index (χ4n) is 3.64. The summed E-state index contributed by atoms with van der Waals surface area (Å²) in [4.78, 5) is 29.6. The molecule has 1 heterocycles. The van der Waals surface area contributed by atoms with Gasteiger partial charge in [0.2, 0.25) is 0 Å². The zero-order chi connectivity index (χ0) is 20.5. The number of nitrogens with zero attached hydrogens (tertiary/aromatic N) is 1. The van der Waals surface area contributed by atoms with E-state index in [1.807, 2.05) is 66.7 Å². The molecule has 0 radical (unpaired) electrons. The van der Waals surface area contributed by atoms with E-state index in [-0.39, 0.29) is 18.6 Å². The van der Waals surface area contributed by atoms with Crippen LogP contribution in [0.25, 0.3) is 32.9 Å². The predicted molar refractivity (Wildman–Crippen MR) is 116 cm³/mol. The van der Waals surface area contributed by atoms with Crippen molar-refractivity contribution in [3.63, 3.8) is 0 Å². The molecular weight excluding hydrogens is 376 g/mol. The minimum absolute atomic E-state index is 0.232. The molecule has 1 aromatic heterocycles. The third-order valence-electron chi connectivity index (χ3n) is 5.28. The van der Waals surface area contributed by atoms with E-state index in [0.29, 0.717) is 22.2 Å². The molecule has 1 aliphatic carbocycles. The summed E-state index contributed by atoms with van der Waals surface area (Å²) in [5.41, 5.74) is 2.75. The lowest BCUT2D eigenvalue weighted by molar-refractivity contribution is -0.124. The second-order valence-electron chi connectivity index (χ2n) is 7.52. The van der Waals surface area contributed by atoms with E-state index in [1.165, 1.54) is 0 Å². The van der Waals surface area contributed by atoms with Gasteiger partial charge in [0.15, 0.2) is 6.61 Å². The minimum Gasteiger partial charge on any atom is -0.452 e. The number of ether oxygens (including phenoxy) is 1. The number of nitrogens with one attached hydrogen (secondary N) is 1. The number of rotatable bonds is 5. The predicted octanol–water partition coefficient (Wildman–Crippen LogP) is 4.49. The van der Waals surface area contributed by atoms with Crippen LogP contribution in [-0.2, 0) is 9.53 Å². The first-order valence-electron chi connectivity index (χ1n) is 10.0. The fraction of sp³-hybridized carbons (Fsp3) is 0.160. The molecule has 0 atom stereocenters. The summed E-state index contributed by atoms with van der Waals surface area (Å²) in [6.07, 6.45) is 1.98. The Morgan fingerprint density at radius 1 is 0.933 bits per heavy atom. The van der Waals surface area contributed by atoms with Crippen LogP contribution in [0.15, 0.2) is 72.8 Å². The number of carbonyl (C=O) groups is 2. The Kier molecular flexibility index (Phi) is 4.64. The first-order chi connectivity index (χ1) is 14.7. The summed E-state index contributed by atoms with van der Waals surface area (Å²) in [7, 11) is 0. The lowest BCUT2D eigenvalue weighted by Gasteiger charge is -2.12. The van der Waals surface area contributed by atoms with Gasteiger partial charge in [0.05, 0.1) is 16.8 Å². The first-order valence-corrected chi connectivity index (χ1v) is 10.0. The van der Waals surface area contributed by atoms with Gasteiger partial charge in [-0.05, 0) is 35.7 Å². The van der Waals surface area contributed by atoms with Gasteiger partial charge in [-0.15, -0.1) is 0 Å². The molecule has 1 fully saturated rings. The topological polar surface area (TPSA) is 68.3 Å². The normalized spacial score (nSPS) is 13.3. The van der Waals surface area contributed by atoms with Crippen molar-refractivity contribution in [2.75, 3.05) is 6.61 Å². The Morgan fingerprint density at radius 2 is 1.67 bits per heavy atom. The van der Waals surface area contributed by atoms with Crippen LogP contribution < -0.4 is 5.32 Å². The smallest absolute Gasteiger partial charge is 0.339 e. The zero-order valence-electron chi connectivity index (χ0n) is 16.3. The number of carbonyl (C=O) groups excluding carboxylic acids is 2. The molecule has 0 aliphatic heterocycles. The van der Waals surface area contributed by atoms with Gasteiger partial charge in [-0.25, -0.2) is 9.78 Å². The second-order valence-corrected chi connectivity index (χ2v) is 7.52. The molecule has 30 heavy (non-hydrogen) atoms. The summed E-state index contributed by atoms with van der Waals surface area (Å²) in [5.74, 6) is -0.792. The van der Waals surface area contributed by atoms with Gasteiger partial charge < -0.3 is 10.1 Å². The van der Waals surface area contributed by atoms with Gasteiger partial charge in [-0.3, -0.25) is 4.79 Å². The summed E-state index contributed by atoms with van der Waals surface area (Å²) in [6, 6.07) is 23.6. The maximum absolute atomic E-state index is 12.9. The summed E-state index contributed by atoms with van der Waals surface area (Å²) >= 11 is 0. The van der Waals surface area contributed by atoms with Crippen LogP contribution in [-0.4, -0.2) is 29.5 Å². The second kappa shape index (κ2) is 7.59. The highest BCUT2D eigenvalue weighted by Crippen LogP contribution is 2.30. The van der Waals surface area contributed by atoms with Crippen molar-refractivity contribution in [1.29, 1.82) is 0 Å².